The molecule has 10 N–H and O–H groups in total. The Morgan fingerprint density at radius 3 is 1.51 bits per heavy atom. The Kier molecular flexibility index (Phi) is 20.6. The fourth-order valence-electron chi connectivity index (χ4n) is 13.8. The third kappa shape index (κ3) is 14.5. The molecule has 23 heteroatoms. The Morgan fingerprint density at radius 2 is 1.01 bits per heavy atom. The van der Waals surface area contributed by atoms with Crippen LogP contribution in [-0.2, 0) is 79.0 Å². The number of aromatic nitrogens is 4. The van der Waals surface area contributed by atoms with Gasteiger partial charge >= 0.3 is 5.97 Å². The molecule has 0 spiro atoms. The minimum absolute atomic E-state index is 0.0487. The van der Waals surface area contributed by atoms with E-state index < -0.39 is 80.7 Å². The predicted molar refractivity (Wildman–Crippen MR) is 367 cm³/mol. The van der Waals surface area contributed by atoms with Crippen LogP contribution < -0.4 is 42.1 Å². The molecule has 3 saturated carbocycles. The Bertz CT molecular complexity index is 4740. The normalized spacial score (nSPS) is 19.7. The van der Waals surface area contributed by atoms with Crippen LogP contribution in [0.2, 0.25) is 0 Å². The van der Waals surface area contributed by atoms with Gasteiger partial charge in [-0.3, -0.25) is 59.3 Å². The highest BCUT2D eigenvalue weighted by molar-refractivity contribution is 5.97. The molecular formula is C77H76FN9O13. The number of nitrogens with zero attached hydrogens (tertiary/aromatic N) is 4. The molecule has 22 nitrogen and oxygen atoms in total. The van der Waals surface area contributed by atoms with Crippen molar-refractivity contribution in [3.8, 4) is 28.6 Å². The number of nitrogens with two attached hydrogens (primary N) is 2. The second kappa shape index (κ2) is 29.4. The summed E-state index contributed by atoms with van der Waals surface area (Å²) in [7, 11) is 1.31. The van der Waals surface area contributed by atoms with Crippen LogP contribution in [0.4, 0.5) is 4.39 Å². The lowest BCUT2D eigenvalue weighted by molar-refractivity contribution is -0.150. The number of amides is 5. The van der Waals surface area contributed by atoms with Gasteiger partial charge in [-0.05, 0) is 152 Å². The molecule has 6 aromatic carbocycles. The van der Waals surface area contributed by atoms with Crippen LogP contribution in [0.15, 0.2) is 182 Å². The van der Waals surface area contributed by atoms with Crippen molar-refractivity contribution in [1.29, 1.82) is 0 Å². The monoisotopic (exact) mass is 1350 g/mol. The smallest absolute Gasteiger partial charge is 0.313 e. The SMILES string of the molecule is CCc1cc(COc2ccc(C[C@]3(C(N)=O)C[C@@H]3C(=O)NO)cc2)c2ccccc2n1.COC(=O)[C@]1(Cc2ccc(OCc3cc(C)nc4ccccc34)cc2)[C@@H](C(=O)NO)C1(C)C.NC(=O)[C@@]1(Cc2ccc(OCc3cc(-c4ccccn4)nc4ccccc34)c(F)c2)C[C@@H]1C(=O)NO. The van der Waals surface area contributed by atoms with Crippen molar-refractivity contribution >= 4 is 68.2 Å². The fraction of sp³-hybridized carbons (Fsp3) is 0.273. The summed E-state index contributed by atoms with van der Waals surface area (Å²) in [6.07, 6.45) is 3.82. The molecule has 0 unspecified atom stereocenters. The number of methoxy groups -OCH3 is 1. The predicted octanol–water partition coefficient (Wildman–Crippen LogP) is 10.5. The lowest BCUT2D eigenvalue weighted by atomic mass is 9.88. The molecule has 0 saturated heterocycles. The summed E-state index contributed by atoms with van der Waals surface area (Å²) in [6.45, 7) is 8.63. The standard InChI is InChI=1S/C27H23FN4O4.C26H28N2O5.C24H25N3O4/c28-20-11-16(13-27(26(29)34)14-19(27)25(33)32-35)8-9-24(20)36-15-17-12-23(22-7-3-4-10-30-22)31-21-6-2-1-5-18(17)21;1-16-13-18(20-7-5-6-8-21(20)27-16)15-33-19-11-9-17(10-12-19)14-26(24(30)32-4)22(23(29)28-31)25(26,2)3;1-2-17-11-16(19-5-3-4-6-21(19)26-17)14-31-18-9-7-15(8-10-18)12-24(23(25)29)13-20(24)22(28)27-30/h1-12,19,35H,13-15H2,(H2,29,34)(H,32,33);5-13,22,31H,14-15H2,1-4H3,(H,28,29);3-11,20,30H,2,12-14H2,1H3,(H2,25,29)(H,27,28)/t19-,27+;22-,26-;20-,24+/m101/s1. The highest BCUT2D eigenvalue weighted by atomic mass is 19.1. The number of pyridine rings is 4. The summed E-state index contributed by atoms with van der Waals surface area (Å²) in [4.78, 5) is 90.6. The maximum atomic E-state index is 14.9. The number of ether oxygens (including phenoxy) is 4. The fourth-order valence-corrected chi connectivity index (χ4v) is 13.8. The van der Waals surface area contributed by atoms with E-state index in [-0.39, 0.29) is 25.2 Å². The first-order valence-electron chi connectivity index (χ1n) is 32.5. The summed E-state index contributed by atoms with van der Waals surface area (Å²) in [5, 5.41) is 29.9. The van der Waals surface area contributed by atoms with Crippen LogP contribution >= 0.6 is 0 Å². The van der Waals surface area contributed by atoms with E-state index in [9.17, 15) is 33.2 Å². The number of esters is 1. The molecule has 4 heterocycles. The Hall–Kier alpha value is -11.3. The molecular weight excluding hydrogens is 1280 g/mol. The number of halogens is 1. The molecule has 13 rings (SSSR count). The maximum absolute atomic E-state index is 14.9. The number of hydrogen-bond donors (Lipinski definition) is 8. The molecule has 6 atom stereocenters. The number of carbonyl (C=O) groups is 6. The van der Waals surface area contributed by atoms with Crippen molar-refractivity contribution in [2.24, 2.45) is 50.9 Å². The van der Waals surface area contributed by atoms with Gasteiger partial charge in [0.1, 0.15) is 31.3 Å². The summed E-state index contributed by atoms with van der Waals surface area (Å²) in [5.74, 6) is -4.65. The number of fused-ring (bicyclic) bond motifs is 3. The van der Waals surface area contributed by atoms with Gasteiger partial charge in [0.15, 0.2) is 11.6 Å². The number of aryl methyl sites for hydroxylation is 2. The molecule has 0 bridgehead atoms. The lowest BCUT2D eigenvalue weighted by Crippen LogP contribution is -2.33. The average molecular weight is 1350 g/mol. The molecule has 514 valence electrons. The third-order valence-corrected chi connectivity index (χ3v) is 19.6. The first kappa shape index (κ1) is 70.1. The van der Waals surface area contributed by atoms with E-state index in [1.54, 1.807) is 28.7 Å². The quantitative estimate of drug-likeness (QED) is 0.0168. The highest BCUT2D eigenvalue weighted by Gasteiger charge is 2.79. The van der Waals surface area contributed by atoms with E-state index in [1.165, 1.54) is 19.2 Å². The summed E-state index contributed by atoms with van der Waals surface area (Å²) in [5.41, 5.74) is 23.4. The number of hydrogen-bond acceptors (Lipinski definition) is 17. The van der Waals surface area contributed by atoms with Crippen molar-refractivity contribution in [1.82, 2.24) is 36.4 Å². The maximum Gasteiger partial charge on any atom is 0.313 e. The van der Waals surface area contributed by atoms with Crippen LogP contribution in [-0.4, -0.2) is 78.2 Å². The van der Waals surface area contributed by atoms with Gasteiger partial charge in [-0.2, -0.15) is 0 Å². The largest absolute Gasteiger partial charge is 0.489 e. The Morgan fingerprint density at radius 1 is 0.540 bits per heavy atom. The minimum atomic E-state index is -1.14. The number of nitrogens with one attached hydrogen (secondary N) is 3. The molecule has 100 heavy (non-hydrogen) atoms. The van der Waals surface area contributed by atoms with E-state index in [2.05, 4.69) is 27.9 Å². The van der Waals surface area contributed by atoms with Gasteiger partial charge in [0.2, 0.25) is 29.5 Å². The van der Waals surface area contributed by atoms with Gasteiger partial charge in [0.25, 0.3) is 0 Å². The lowest BCUT2D eigenvalue weighted by Gasteiger charge is -2.18. The average Bonchev–Trinajstić information content (AvgIpc) is 1.50. The van der Waals surface area contributed by atoms with E-state index in [0.717, 1.165) is 84.0 Å². The number of rotatable bonds is 23. The second-order valence-electron chi connectivity index (χ2n) is 26.0. The molecule has 5 amide bonds. The van der Waals surface area contributed by atoms with Gasteiger partial charge in [-0.15, -0.1) is 0 Å². The van der Waals surface area contributed by atoms with Crippen molar-refractivity contribution in [3.05, 3.63) is 233 Å². The number of primary amides is 2. The topological polar surface area (TPSA) is 340 Å². The number of hydroxylamine groups is 3. The van der Waals surface area contributed by atoms with E-state index >= 15 is 0 Å². The molecule has 4 aromatic heterocycles. The van der Waals surface area contributed by atoms with Crippen LogP contribution in [0.25, 0.3) is 44.1 Å². The molecule has 3 aliphatic rings. The van der Waals surface area contributed by atoms with Crippen molar-refractivity contribution in [3.63, 3.8) is 0 Å². The molecule has 3 aliphatic carbocycles. The summed E-state index contributed by atoms with van der Waals surface area (Å²) < 4.78 is 37.9. The first-order valence-corrected chi connectivity index (χ1v) is 32.5. The van der Waals surface area contributed by atoms with Crippen molar-refractivity contribution in [2.75, 3.05) is 7.11 Å². The number of para-hydroxylation sites is 3. The van der Waals surface area contributed by atoms with Crippen LogP contribution in [0.3, 0.4) is 0 Å². The van der Waals surface area contributed by atoms with Gasteiger partial charge in [-0.25, -0.2) is 25.8 Å². The van der Waals surface area contributed by atoms with Gasteiger partial charge < -0.3 is 30.4 Å². The molecule has 0 radical (unpaired) electrons. The van der Waals surface area contributed by atoms with Gasteiger partial charge in [0.05, 0.1) is 69.0 Å². The van der Waals surface area contributed by atoms with E-state index in [4.69, 9.17) is 51.0 Å². The molecule has 0 aliphatic heterocycles. The molecule has 10 aromatic rings. The zero-order valence-electron chi connectivity index (χ0n) is 55.7. The Labute approximate surface area is 575 Å². The van der Waals surface area contributed by atoms with Crippen LogP contribution in [0.1, 0.15) is 78.4 Å². The van der Waals surface area contributed by atoms with E-state index in [0.29, 0.717) is 55.2 Å². The van der Waals surface area contributed by atoms with Crippen molar-refractivity contribution in [2.45, 2.75) is 86.0 Å². The van der Waals surface area contributed by atoms with Crippen molar-refractivity contribution < 1.29 is 67.7 Å². The number of carbonyl (C=O) groups excluding carboxylic acids is 6. The van der Waals surface area contributed by atoms with Crippen LogP contribution in [0, 0.1) is 52.2 Å². The highest BCUT2D eigenvalue weighted by Crippen LogP contribution is 2.71. The minimum Gasteiger partial charge on any atom is -0.489 e. The zero-order valence-corrected chi connectivity index (χ0v) is 55.7. The second-order valence-corrected chi connectivity index (χ2v) is 26.0. The summed E-state index contributed by atoms with van der Waals surface area (Å²) >= 11 is 0. The first-order chi connectivity index (χ1) is 48.1. The zero-order chi connectivity index (χ0) is 71.1. The van der Waals surface area contributed by atoms with Gasteiger partial charge in [0, 0.05) is 50.4 Å². The van der Waals surface area contributed by atoms with Crippen LogP contribution in [0.5, 0.6) is 17.2 Å². The number of benzene rings is 6. The van der Waals surface area contributed by atoms with Gasteiger partial charge in [-0.1, -0.05) is 112 Å². The molecule has 3 fully saturated rings. The third-order valence-electron chi connectivity index (χ3n) is 19.6. The summed E-state index contributed by atoms with van der Waals surface area (Å²) in [6, 6.07) is 54.5. The Balaban J connectivity index is 0.000000152. The van der Waals surface area contributed by atoms with E-state index in [1.807, 2.05) is 172 Å².